The zero-order valence-electron chi connectivity index (χ0n) is 10.9. The van der Waals surface area contributed by atoms with E-state index in [4.69, 9.17) is 9.47 Å². The predicted octanol–water partition coefficient (Wildman–Crippen LogP) is 1.08. The van der Waals surface area contributed by atoms with Gasteiger partial charge in [0.2, 0.25) is 0 Å². The first-order valence-electron chi connectivity index (χ1n) is 6.22. The quantitative estimate of drug-likeness (QED) is 0.789. The highest BCUT2D eigenvalue weighted by Crippen LogP contribution is 2.17. The number of hydrogen-bond donors (Lipinski definition) is 1. The number of aryl methyl sites for hydroxylation is 1. The van der Waals surface area contributed by atoms with E-state index in [-0.39, 0.29) is 12.1 Å². The van der Waals surface area contributed by atoms with Crippen LogP contribution in [0.5, 0.6) is 0 Å². The monoisotopic (exact) mass is 286 g/mol. The lowest BCUT2D eigenvalue weighted by Crippen LogP contribution is -2.34. The van der Waals surface area contributed by atoms with Crippen molar-refractivity contribution in [3.05, 3.63) is 11.1 Å². The largest absolute Gasteiger partial charge is 0.469 e. The zero-order valence-corrected chi connectivity index (χ0v) is 11.7. The summed E-state index contributed by atoms with van der Waals surface area (Å²) in [6.45, 7) is 2.62. The van der Waals surface area contributed by atoms with Gasteiger partial charge in [0.1, 0.15) is 0 Å². The normalized spacial score (nSPS) is 19.1. The van der Waals surface area contributed by atoms with Crippen LogP contribution in [0.25, 0.3) is 0 Å². The van der Waals surface area contributed by atoms with Crippen LogP contribution in [-0.2, 0) is 25.4 Å². The number of aromatic nitrogens is 1. The van der Waals surface area contributed by atoms with E-state index in [0.717, 1.165) is 10.8 Å². The molecule has 6 nitrogen and oxygen atoms in total. The number of methoxy groups -OCH3 is 1. The molecule has 2 heterocycles. The molecule has 1 aromatic rings. The summed E-state index contributed by atoms with van der Waals surface area (Å²) >= 11 is 1.53. The molecule has 1 aliphatic rings. The number of rotatable bonds is 6. The second-order valence-corrected chi connectivity index (χ2v) is 5.03. The summed E-state index contributed by atoms with van der Waals surface area (Å²) in [5.74, 6) is -0.213. The van der Waals surface area contributed by atoms with Gasteiger partial charge in [-0.2, -0.15) is 0 Å². The van der Waals surface area contributed by atoms with Crippen LogP contribution in [0.15, 0.2) is 5.38 Å². The van der Waals surface area contributed by atoms with Gasteiger partial charge >= 0.3 is 5.97 Å². The molecule has 1 aliphatic heterocycles. The van der Waals surface area contributed by atoms with Gasteiger partial charge in [0.15, 0.2) is 5.13 Å². The van der Waals surface area contributed by atoms with Gasteiger partial charge in [0.25, 0.3) is 0 Å². The molecule has 1 atom stereocenters. The topological polar surface area (TPSA) is 69.7 Å². The fourth-order valence-electron chi connectivity index (χ4n) is 1.69. The number of thiazole rings is 1. The highest BCUT2D eigenvalue weighted by Gasteiger charge is 2.14. The van der Waals surface area contributed by atoms with Crippen molar-refractivity contribution in [3.8, 4) is 0 Å². The van der Waals surface area contributed by atoms with Crippen molar-refractivity contribution in [3.63, 3.8) is 0 Å². The summed E-state index contributed by atoms with van der Waals surface area (Å²) in [6.07, 6.45) is 1.05. The summed E-state index contributed by atoms with van der Waals surface area (Å²) in [4.78, 5) is 15.4. The van der Waals surface area contributed by atoms with E-state index in [0.29, 0.717) is 39.2 Å². The summed E-state index contributed by atoms with van der Waals surface area (Å²) in [6, 6.07) is 0. The molecule has 1 saturated heterocycles. The maximum Gasteiger partial charge on any atom is 0.305 e. The Morgan fingerprint density at radius 2 is 2.53 bits per heavy atom. The lowest BCUT2D eigenvalue weighted by molar-refractivity contribution is -0.140. The van der Waals surface area contributed by atoms with E-state index in [1.165, 1.54) is 18.4 Å². The molecule has 1 aromatic heterocycles. The molecule has 1 unspecified atom stereocenters. The molecule has 0 spiro atoms. The van der Waals surface area contributed by atoms with Gasteiger partial charge < -0.3 is 19.5 Å². The first kappa shape index (κ1) is 14.2. The Kier molecular flexibility index (Phi) is 5.56. The van der Waals surface area contributed by atoms with Gasteiger partial charge in [-0.25, -0.2) is 4.98 Å². The van der Waals surface area contributed by atoms with Gasteiger partial charge in [-0.05, 0) is 0 Å². The average molecular weight is 286 g/mol. The van der Waals surface area contributed by atoms with Crippen LogP contribution in [-0.4, -0.2) is 50.5 Å². The van der Waals surface area contributed by atoms with Crippen molar-refractivity contribution in [2.24, 2.45) is 0 Å². The van der Waals surface area contributed by atoms with Crippen molar-refractivity contribution in [2.75, 3.05) is 38.8 Å². The first-order valence-corrected chi connectivity index (χ1v) is 7.10. The highest BCUT2D eigenvalue weighted by atomic mass is 32.1. The van der Waals surface area contributed by atoms with Crippen LogP contribution < -0.4 is 5.32 Å². The van der Waals surface area contributed by atoms with E-state index < -0.39 is 0 Å². The van der Waals surface area contributed by atoms with Crippen molar-refractivity contribution < 1.29 is 19.0 Å². The van der Waals surface area contributed by atoms with Crippen LogP contribution in [0.4, 0.5) is 5.13 Å². The molecule has 106 valence electrons. The Labute approximate surface area is 116 Å². The van der Waals surface area contributed by atoms with E-state index in [1.807, 2.05) is 5.38 Å². The van der Waals surface area contributed by atoms with Gasteiger partial charge in [0.05, 0.1) is 45.1 Å². The standard InChI is InChI=1S/C12H18N2O4S/c1-16-11(15)3-2-9-8-19-12(14-9)13-6-10-7-17-4-5-18-10/h8,10H,2-7H2,1H3,(H,13,14). The number of carbonyl (C=O) groups is 1. The molecule has 0 bridgehead atoms. The van der Waals surface area contributed by atoms with Crippen LogP contribution >= 0.6 is 11.3 Å². The second-order valence-electron chi connectivity index (χ2n) is 4.17. The minimum atomic E-state index is -0.213. The molecule has 19 heavy (non-hydrogen) atoms. The van der Waals surface area contributed by atoms with Crippen LogP contribution in [0.1, 0.15) is 12.1 Å². The summed E-state index contributed by atoms with van der Waals surface area (Å²) < 4.78 is 15.4. The maximum absolute atomic E-state index is 11.0. The highest BCUT2D eigenvalue weighted by molar-refractivity contribution is 7.13. The minimum Gasteiger partial charge on any atom is -0.469 e. The number of carbonyl (C=O) groups excluding carboxylic acids is 1. The van der Waals surface area contributed by atoms with E-state index in [9.17, 15) is 4.79 Å². The molecule has 1 fully saturated rings. The Bertz CT molecular complexity index is 404. The number of esters is 1. The second kappa shape index (κ2) is 7.42. The first-order chi connectivity index (χ1) is 9.28. The smallest absolute Gasteiger partial charge is 0.305 e. The molecule has 0 amide bonds. The SMILES string of the molecule is COC(=O)CCc1csc(NCC2COCCO2)n1. The predicted molar refractivity (Wildman–Crippen MR) is 71.5 cm³/mol. The Hall–Kier alpha value is -1.18. The Morgan fingerprint density at radius 3 is 3.26 bits per heavy atom. The summed E-state index contributed by atoms with van der Waals surface area (Å²) in [7, 11) is 1.39. The fourth-order valence-corrected chi connectivity index (χ4v) is 2.45. The van der Waals surface area contributed by atoms with Crippen molar-refractivity contribution in [2.45, 2.75) is 18.9 Å². The van der Waals surface area contributed by atoms with E-state index >= 15 is 0 Å². The van der Waals surface area contributed by atoms with Crippen molar-refractivity contribution in [1.29, 1.82) is 0 Å². The molecule has 0 saturated carbocycles. The zero-order chi connectivity index (χ0) is 13.5. The molecular weight excluding hydrogens is 268 g/mol. The molecule has 1 N–H and O–H groups in total. The number of ether oxygens (including phenoxy) is 3. The third-order valence-corrected chi connectivity index (χ3v) is 3.58. The third kappa shape index (κ3) is 4.77. The van der Waals surface area contributed by atoms with Crippen molar-refractivity contribution in [1.82, 2.24) is 4.98 Å². The van der Waals surface area contributed by atoms with E-state index in [2.05, 4.69) is 15.0 Å². The van der Waals surface area contributed by atoms with Crippen molar-refractivity contribution >= 4 is 22.4 Å². The Morgan fingerprint density at radius 1 is 1.63 bits per heavy atom. The van der Waals surface area contributed by atoms with Crippen LogP contribution in [0.2, 0.25) is 0 Å². The molecule has 0 aliphatic carbocycles. The molecule has 0 radical (unpaired) electrons. The third-order valence-electron chi connectivity index (χ3n) is 2.73. The minimum absolute atomic E-state index is 0.0798. The van der Waals surface area contributed by atoms with Gasteiger partial charge in [-0.3, -0.25) is 4.79 Å². The van der Waals surface area contributed by atoms with E-state index in [1.54, 1.807) is 0 Å². The van der Waals surface area contributed by atoms with Gasteiger partial charge in [0, 0.05) is 18.3 Å². The Balaban J connectivity index is 1.72. The van der Waals surface area contributed by atoms with Gasteiger partial charge in [-0.15, -0.1) is 11.3 Å². The summed E-state index contributed by atoms with van der Waals surface area (Å²) in [5.41, 5.74) is 0.902. The summed E-state index contributed by atoms with van der Waals surface area (Å²) in [5, 5.41) is 6.01. The van der Waals surface area contributed by atoms with Gasteiger partial charge in [-0.1, -0.05) is 0 Å². The number of anilines is 1. The molecule has 0 aromatic carbocycles. The molecule has 2 rings (SSSR count). The average Bonchev–Trinajstić information content (AvgIpc) is 2.91. The van der Waals surface area contributed by atoms with Crippen LogP contribution in [0.3, 0.4) is 0 Å². The maximum atomic E-state index is 11.0. The lowest BCUT2D eigenvalue weighted by atomic mass is 10.2. The lowest BCUT2D eigenvalue weighted by Gasteiger charge is -2.22. The number of hydrogen-bond acceptors (Lipinski definition) is 7. The number of nitrogens with one attached hydrogen (secondary N) is 1. The number of nitrogens with zero attached hydrogens (tertiary/aromatic N) is 1. The molecular formula is C12H18N2O4S. The molecule has 7 heteroatoms. The fraction of sp³-hybridized carbons (Fsp3) is 0.667. The van der Waals surface area contributed by atoms with Crippen LogP contribution in [0, 0.1) is 0 Å².